The van der Waals surface area contributed by atoms with Gasteiger partial charge >= 0.3 is 5.97 Å². The van der Waals surface area contributed by atoms with Gasteiger partial charge in [0.2, 0.25) is 0 Å². The van der Waals surface area contributed by atoms with E-state index in [4.69, 9.17) is 14.0 Å². The summed E-state index contributed by atoms with van der Waals surface area (Å²) in [7, 11) is 0. The van der Waals surface area contributed by atoms with Crippen molar-refractivity contribution in [2.45, 2.75) is 32.4 Å². The number of rotatable bonds is 10. The van der Waals surface area contributed by atoms with Crippen LogP contribution in [-0.2, 0) is 16.0 Å². The second-order valence-electron chi connectivity index (χ2n) is 5.82. The van der Waals surface area contributed by atoms with Crippen LogP contribution in [0.2, 0.25) is 0 Å². The van der Waals surface area contributed by atoms with E-state index in [1.54, 1.807) is 13.0 Å². The molecule has 1 aromatic heterocycles. The fourth-order valence-corrected chi connectivity index (χ4v) is 2.63. The lowest BCUT2D eigenvalue weighted by atomic mass is 10.1. The van der Waals surface area contributed by atoms with E-state index in [-0.39, 0.29) is 18.6 Å². The predicted octanol–water partition coefficient (Wildman–Crippen LogP) is 2.63. The Morgan fingerprint density at radius 1 is 1.38 bits per heavy atom. The number of aromatic nitrogens is 1. The van der Waals surface area contributed by atoms with E-state index in [9.17, 15) is 9.90 Å². The molecule has 2 atom stereocenters. The van der Waals surface area contributed by atoms with Gasteiger partial charge in [-0.15, -0.1) is 0 Å². The number of benzene rings is 1. The number of ether oxygens (including phenoxy) is 2. The first-order chi connectivity index (χ1) is 12.5. The Labute approximate surface area is 160 Å². The molecule has 2 N–H and O–H groups in total. The molecule has 1 heterocycles. The monoisotopic (exact) mass is 426 g/mol. The number of carbonyl (C=O) groups excluding carboxylic acids is 1. The zero-order valence-electron chi connectivity index (χ0n) is 14.8. The average Bonchev–Trinajstić information content (AvgIpc) is 3.06. The zero-order valence-corrected chi connectivity index (χ0v) is 16.4. The third kappa shape index (κ3) is 6.78. The zero-order chi connectivity index (χ0) is 18.9. The number of carbonyl (C=O) groups is 1. The van der Waals surface area contributed by atoms with Gasteiger partial charge in [0.15, 0.2) is 12.4 Å². The van der Waals surface area contributed by atoms with Crippen molar-refractivity contribution in [3.8, 4) is 5.75 Å². The molecule has 0 saturated heterocycles. The molecule has 0 aliphatic rings. The molecule has 8 heteroatoms. The van der Waals surface area contributed by atoms with Gasteiger partial charge < -0.3 is 24.4 Å². The minimum atomic E-state index is -0.755. The van der Waals surface area contributed by atoms with Crippen molar-refractivity contribution in [2.75, 3.05) is 19.8 Å². The Hall–Kier alpha value is -1.90. The Balaban J connectivity index is 1.74. The number of nitrogens with zero attached hydrogens (tertiary/aromatic N) is 1. The summed E-state index contributed by atoms with van der Waals surface area (Å²) in [5, 5.41) is 17.0. The van der Waals surface area contributed by atoms with Gasteiger partial charge in [0, 0.05) is 18.7 Å². The van der Waals surface area contributed by atoms with Crippen LogP contribution in [0.25, 0.3) is 0 Å². The smallest absolute Gasteiger partial charge is 0.344 e. The fraction of sp³-hybridized carbons (Fsp3) is 0.444. The van der Waals surface area contributed by atoms with E-state index in [0.717, 1.165) is 12.0 Å². The molecule has 2 aromatic rings. The molecule has 2 rings (SSSR count). The minimum absolute atomic E-state index is 0.0964. The molecule has 0 saturated carbocycles. The van der Waals surface area contributed by atoms with Crippen molar-refractivity contribution in [3.05, 3.63) is 46.3 Å². The molecule has 7 nitrogen and oxygen atoms in total. The maximum absolute atomic E-state index is 11.3. The van der Waals surface area contributed by atoms with Gasteiger partial charge in [-0.25, -0.2) is 4.79 Å². The molecule has 0 aliphatic heterocycles. The highest BCUT2D eigenvalue weighted by atomic mass is 79.9. The molecule has 1 aromatic carbocycles. The van der Waals surface area contributed by atoms with Crippen molar-refractivity contribution in [3.63, 3.8) is 0 Å². The van der Waals surface area contributed by atoms with Crippen LogP contribution in [0.5, 0.6) is 5.75 Å². The van der Waals surface area contributed by atoms with Crippen LogP contribution in [0.1, 0.15) is 31.3 Å². The molecule has 0 amide bonds. The Bertz CT molecular complexity index is 689. The van der Waals surface area contributed by atoms with Gasteiger partial charge in [-0.3, -0.25) is 0 Å². The molecule has 0 spiro atoms. The van der Waals surface area contributed by atoms with Gasteiger partial charge in [0.25, 0.3) is 0 Å². The highest BCUT2D eigenvalue weighted by molar-refractivity contribution is 9.10. The van der Waals surface area contributed by atoms with Crippen molar-refractivity contribution >= 4 is 21.9 Å². The number of hydrogen-bond acceptors (Lipinski definition) is 7. The van der Waals surface area contributed by atoms with Gasteiger partial charge in [-0.2, -0.15) is 0 Å². The van der Waals surface area contributed by atoms with E-state index < -0.39 is 6.10 Å². The highest BCUT2D eigenvalue weighted by Gasteiger charge is 2.14. The largest absolute Gasteiger partial charge is 0.482 e. The third-order valence-corrected chi connectivity index (χ3v) is 3.99. The summed E-state index contributed by atoms with van der Waals surface area (Å²) in [6.07, 6.45) is 0.0280. The SMILES string of the molecule is CCOC(=O)COc1ccc(C[C@@H](C)NC[C@H](O)c2cc(Br)no2)cc1. The van der Waals surface area contributed by atoms with E-state index in [0.29, 0.717) is 29.3 Å². The van der Waals surface area contributed by atoms with Crippen LogP contribution < -0.4 is 10.1 Å². The van der Waals surface area contributed by atoms with Crippen LogP contribution in [0.15, 0.2) is 39.5 Å². The number of aliphatic hydroxyl groups excluding tert-OH is 1. The molecule has 26 heavy (non-hydrogen) atoms. The van der Waals surface area contributed by atoms with Crippen LogP contribution >= 0.6 is 15.9 Å². The Morgan fingerprint density at radius 2 is 2.12 bits per heavy atom. The van der Waals surface area contributed by atoms with E-state index in [2.05, 4.69) is 26.4 Å². The predicted molar refractivity (Wildman–Crippen MR) is 98.9 cm³/mol. The number of hydrogen-bond donors (Lipinski definition) is 2. The highest BCUT2D eigenvalue weighted by Crippen LogP contribution is 2.17. The second-order valence-corrected chi connectivity index (χ2v) is 6.63. The summed E-state index contributed by atoms with van der Waals surface area (Å²) in [5.74, 6) is 0.653. The number of nitrogens with one attached hydrogen (secondary N) is 1. The maximum Gasteiger partial charge on any atom is 0.344 e. The molecule has 0 bridgehead atoms. The summed E-state index contributed by atoms with van der Waals surface area (Å²) in [5.41, 5.74) is 1.12. The van der Waals surface area contributed by atoms with Crippen molar-refractivity contribution < 1.29 is 23.9 Å². The summed E-state index contributed by atoms with van der Waals surface area (Å²) in [4.78, 5) is 11.3. The summed E-state index contributed by atoms with van der Waals surface area (Å²) in [6.45, 7) is 4.40. The van der Waals surface area contributed by atoms with Crippen molar-refractivity contribution in [2.24, 2.45) is 0 Å². The van der Waals surface area contributed by atoms with E-state index >= 15 is 0 Å². The van der Waals surface area contributed by atoms with Crippen LogP contribution in [-0.4, -0.2) is 42.0 Å². The average molecular weight is 427 g/mol. The Morgan fingerprint density at radius 3 is 2.73 bits per heavy atom. The first-order valence-electron chi connectivity index (χ1n) is 8.38. The number of halogens is 1. The van der Waals surface area contributed by atoms with E-state index in [1.807, 2.05) is 31.2 Å². The van der Waals surface area contributed by atoms with Gasteiger partial charge in [-0.1, -0.05) is 17.3 Å². The standard InChI is InChI=1S/C18H23BrN2O5/c1-3-24-18(23)11-25-14-6-4-13(5-7-14)8-12(2)20-10-15(22)16-9-17(19)21-26-16/h4-7,9,12,15,20,22H,3,8,10-11H2,1-2H3/t12-,15+/m1/s1. The van der Waals surface area contributed by atoms with Gasteiger partial charge in [0.1, 0.15) is 16.5 Å². The summed E-state index contributed by atoms with van der Waals surface area (Å²) < 4.78 is 15.8. The molecule has 142 valence electrons. The topological polar surface area (TPSA) is 93.8 Å². The Kier molecular flexibility index (Phi) is 8.08. The van der Waals surface area contributed by atoms with E-state index in [1.165, 1.54) is 0 Å². The lowest BCUT2D eigenvalue weighted by Gasteiger charge is -2.16. The third-order valence-electron chi connectivity index (χ3n) is 3.61. The molecule has 0 radical (unpaired) electrons. The summed E-state index contributed by atoms with van der Waals surface area (Å²) in [6, 6.07) is 9.34. The molecule has 0 unspecified atom stereocenters. The van der Waals surface area contributed by atoms with Crippen molar-refractivity contribution in [1.29, 1.82) is 0 Å². The summed E-state index contributed by atoms with van der Waals surface area (Å²) >= 11 is 3.18. The minimum Gasteiger partial charge on any atom is -0.482 e. The van der Waals surface area contributed by atoms with Gasteiger partial charge in [0.05, 0.1) is 6.61 Å². The molecular weight excluding hydrogens is 404 g/mol. The second kappa shape index (κ2) is 10.3. The first-order valence-corrected chi connectivity index (χ1v) is 9.18. The lowest BCUT2D eigenvalue weighted by Crippen LogP contribution is -2.31. The molecule has 0 aliphatic carbocycles. The maximum atomic E-state index is 11.3. The van der Waals surface area contributed by atoms with Gasteiger partial charge in [-0.05, 0) is 53.9 Å². The first kappa shape index (κ1) is 20.4. The quantitative estimate of drug-likeness (QED) is 0.563. The van der Waals surface area contributed by atoms with Crippen molar-refractivity contribution in [1.82, 2.24) is 10.5 Å². The number of esters is 1. The van der Waals surface area contributed by atoms with Crippen LogP contribution in [0.3, 0.4) is 0 Å². The number of aliphatic hydroxyl groups is 1. The fourth-order valence-electron chi connectivity index (χ4n) is 2.33. The van der Waals surface area contributed by atoms with Crippen LogP contribution in [0.4, 0.5) is 0 Å². The van der Waals surface area contributed by atoms with Crippen LogP contribution in [0, 0.1) is 0 Å². The normalized spacial score (nSPS) is 13.2. The molecular formula is C18H23BrN2O5. The molecule has 0 fully saturated rings. The lowest BCUT2D eigenvalue weighted by molar-refractivity contribution is -0.145.